The van der Waals surface area contributed by atoms with Crippen molar-refractivity contribution in [2.45, 2.75) is 80.9 Å². The van der Waals surface area contributed by atoms with E-state index in [9.17, 15) is 13.0 Å². The van der Waals surface area contributed by atoms with Crippen molar-refractivity contribution in [2.75, 3.05) is 0 Å². The summed E-state index contributed by atoms with van der Waals surface area (Å²) in [6.07, 6.45) is 10.4. The molecule has 2 aromatic rings. The highest BCUT2D eigenvalue weighted by Gasteiger charge is 2.28. The number of rotatable bonds is 5. The summed E-state index contributed by atoms with van der Waals surface area (Å²) in [4.78, 5) is 0.0525. The number of hydrogen-bond donors (Lipinski definition) is 0. The standard InChI is InChI=1S/C24H30O4S/c25-29(26,27)24-22(18-10-4-1-5-11-18)16-21(28-20-14-8-3-9-15-20)17-23(24)19-12-6-2-7-13-19/h3,8-9,14-19H,1-2,4-7,10-13H2,(H,25,26,27)/p-1. The van der Waals surface area contributed by atoms with Gasteiger partial charge in [0.2, 0.25) is 0 Å². The SMILES string of the molecule is O=S(=O)([O-])c1c(C2CCCCC2)cc(Oc2ccccc2)cc1C1CCCCC1. The molecule has 2 saturated carbocycles. The molecule has 5 heteroatoms. The van der Waals surface area contributed by atoms with Gasteiger partial charge in [-0.05, 0) is 72.9 Å². The van der Waals surface area contributed by atoms with Crippen LogP contribution in [0.3, 0.4) is 0 Å². The van der Waals surface area contributed by atoms with Gasteiger partial charge in [0, 0.05) is 0 Å². The van der Waals surface area contributed by atoms with Crippen molar-refractivity contribution in [3.05, 3.63) is 53.6 Å². The Bertz CT molecular complexity index is 886. The van der Waals surface area contributed by atoms with Crippen molar-refractivity contribution in [1.82, 2.24) is 0 Å². The van der Waals surface area contributed by atoms with E-state index in [2.05, 4.69) is 0 Å². The highest BCUT2D eigenvalue weighted by molar-refractivity contribution is 7.85. The van der Waals surface area contributed by atoms with E-state index >= 15 is 0 Å². The van der Waals surface area contributed by atoms with E-state index in [1.54, 1.807) is 0 Å². The van der Waals surface area contributed by atoms with Crippen LogP contribution in [-0.4, -0.2) is 13.0 Å². The summed E-state index contributed by atoms with van der Waals surface area (Å²) >= 11 is 0. The van der Waals surface area contributed by atoms with Gasteiger partial charge in [-0.3, -0.25) is 0 Å². The molecule has 29 heavy (non-hydrogen) atoms. The van der Waals surface area contributed by atoms with Crippen LogP contribution in [0.2, 0.25) is 0 Å². The van der Waals surface area contributed by atoms with Crippen molar-refractivity contribution in [3.63, 3.8) is 0 Å². The Morgan fingerprint density at radius 1 is 0.724 bits per heavy atom. The van der Waals surface area contributed by atoms with E-state index in [1.165, 1.54) is 12.8 Å². The predicted molar refractivity (Wildman–Crippen MR) is 113 cm³/mol. The first-order valence-corrected chi connectivity index (χ1v) is 12.3. The molecule has 2 aromatic carbocycles. The smallest absolute Gasteiger partial charge is 0.128 e. The molecule has 0 amide bonds. The molecule has 0 aliphatic heterocycles. The number of para-hydroxylation sites is 1. The Hall–Kier alpha value is -1.85. The molecule has 0 atom stereocenters. The quantitative estimate of drug-likeness (QED) is 0.526. The normalized spacial score (nSPS) is 19.2. The molecule has 0 N–H and O–H groups in total. The largest absolute Gasteiger partial charge is 0.744 e. The van der Waals surface area contributed by atoms with Gasteiger partial charge in [-0.2, -0.15) is 0 Å². The van der Waals surface area contributed by atoms with Gasteiger partial charge in [-0.15, -0.1) is 0 Å². The summed E-state index contributed by atoms with van der Waals surface area (Å²) in [6.45, 7) is 0. The predicted octanol–water partition coefficient (Wildman–Crippen LogP) is 6.48. The average Bonchev–Trinajstić information content (AvgIpc) is 2.74. The van der Waals surface area contributed by atoms with Crippen LogP contribution in [0.5, 0.6) is 11.5 Å². The second-order valence-electron chi connectivity index (χ2n) is 8.47. The maximum atomic E-state index is 12.4. The number of ether oxygens (including phenoxy) is 1. The minimum atomic E-state index is -4.56. The van der Waals surface area contributed by atoms with Crippen molar-refractivity contribution in [3.8, 4) is 11.5 Å². The Morgan fingerprint density at radius 3 is 1.66 bits per heavy atom. The third-order valence-electron chi connectivity index (χ3n) is 6.44. The Kier molecular flexibility index (Phi) is 6.26. The van der Waals surface area contributed by atoms with Crippen molar-refractivity contribution < 1.29 is 17.7 Å². The van der Waals surface area contributed by atoms with E-state index in [0.29, 0.717) is 16.9 Å². The van der Waals surface area contributed by atoms with Crippen molar-refractivity contribution in [1.29, 1.82) is 0 Å². The molecule has 0 heterocycles. The molecule has 0 spiro atoms. The van der Waals surface area contributed by atoms with Crippen molar-refractivity contribution >= 4 is 10.1 Å². The lowest BCUT2D eigenvalue weighted by Gasteiger charge is -2.31. The van der Waals surface area contributed by atoms with Crippen molar-refractivity contribution in [2.24, 2.45) is 0 Å². The lowest BCUT2D eigenvalue weighted by molar-refractivity contribution is 0.411. The molecule has 4 rings (SSSR count). The first-order valence-electron chi connectivity index (χ1n) is 10.9. The van der Waals surface area contributed by atoms with Crippen LogP contribution in [-0.2, 0) is 10.1 Å². The van der Waals surface area contributed by atoms with E-state index in [0.717, 1.165) is 57.1 Å². The molecule has 2 aliphatic rings. The van der Waals surface area contributed by atoms with Gasteiger partial charge in [0.15, 0.2) is 0 Å². The molecule has 4 nitrogen and oxygen atoms in total. The molecule has 0 aromatic heterocycles. The summed E-state index contributed by atoms with van der Waals surface area (Å²) in [5, 5.41) is 0. The first kappa shape index (κ1) is 20.4. The molecule has 2 fully saturated rings. The molecule has 0 unspecified atom stereocenters. The lowest BCUT2D eigenvalue weighted by Crippen LogP contribution is -2.16. The topological polar surface area (TPSA) is 66.4 Å². The van der Waals surface area contributed by atoms with E-state index in [-0.39, 0.29) is 16.7 Å². The van der Waals surface area contributed by atoms with Gasteiger partial charge in [0.25, 0.3) is 0 Å². The minimum Gasteiger partial charge on any atom is -0.744 e. The van der Waals surface area contributed by atoms with Crippen LogP contribution in [0, 0.1) is 0 Å². The zero-order valence-corrected chi connectivity index (χ0v) is 17.6. The molecule has 0 saturated heterocycles. The third kappa shape index (κ3) is 4.84. The molecule has 0 radical (unpaired) electrons. The number of hydrogen-bond acceptors (Lipinski definition) is 4. The Balaban J connectivity index is 1.84. The molecular formula is C24H29O4S-. The first-order chi connectivity index (χ1) is 14.0. The van der Waals surface area contributed by atoms with Crippen LogP contribution in [0.15, 0.2) is 47.4 Å². The molecular weight excluding hydrogens is 384 g/mol. The number of benzene rings is 2. The highest BCUT2D eigenvalue weighted by atomic mass is 32.2. The highest BCUT2D eigenvalue weighted by Crippen LogP contribution is 2.44. The fraction of sp³-hybridized carbons (Fsp3) is 0.500. The summed E-state index contributed by atoms with van der Waals surface area (Å²) in [6, 6.07) is 13.2. The molecule has 0 bridgehead atoms. The van der Waals surface area contributed by atoms with Gasteiger partial charge in [-0.25, -0.2) is 8.42 Å². The summed E-state index contributed by atoms with van der Waals surface area (Å²) < 4.78 is 43.4. The Labute approximate surface area is 174 Å². The lowest BCUT2D eigenvalue weighted by atomic mass is 9.79. The van der Waals surface area contributed by atoms with E-state index in [1.807, 2.05) is 42.5 Å². The molecule has 2 aliphatic carbocycles. The maximum absolute atomic E-state index is 12.4. The second kappa shape index (κ2) is 8.88. The van der Waals surface area contributed by atoms with Gasteiger partial charge >= 0.3 is 0 Å². The summed E-state index contributed by atoms with van der Waals surface area (Å²) in [7, 11) is -4.56. The van der Waals surface area contributed by atoms with Crippen LogP contribution in [0.4, 0.5) is 0 Å². The second-order valence-corrected chi connectivity index (χ2v) is 9.79. The van der Waals surface area contributed by atoms with Gasteiger partial charge in [0.05, 0.1) is 4.90 Å². The van der Waals surface area contributed by atoms with Gasteiger partial charge < -0.3 is 9.29 Å². The monoisotopic (exact) mass is 413 g/mol. The van der Waals surface area contributed by atoms with Crippen LogP contribution >= 0.6 is 0 Å². The molecule has 156 valence electrons. The van der Waals surface area contributed by atoms with Crippen LogP contribution < -0.4 is 4.74 Å². The van der Waals surface area contributed by atoms with Crippen LogP contribution in [0.1, 0.15) is 87.2 Å². The Morgan fingerprint density at radius 2 is 1.21 bits per heavy atom. The van der Waals surface area contributed by atoms with Gasteiger partial charge in [-0.1, -0.05) is 56.7 Å². The fourth-order valence-electron chi connectivity index (χ4n) is 5.05. The zero-order chi connectivity index (χ0) is 20.3. The summed E-state index contributed by atoms with van der Waals surface area (Å²) in [5.41, 5.74) is 1.38. The van der Waals surface area contributed by atoms with Crippen LogP contribution in [0.25, 0.3) is 0 Å². The van der Waals surface area contributed by atoms with Gasteiger partial charge in [0.1, 0.15) is 21.6 Å². The average molecular weight is 414 g/mol. The third-order valence-corrected chi connectivity index (χ3v) is 7.41. The summed E-state index contributed by atoms with van der Waals surface area (Å²) in [5.74, 6) is 1.59. The van der Waals surface area contributed by atoms with E-state index in [4.69, 9.17) is 4.74 Å². The minimum absolute atomic E-state index is 0.0525. The zero-order valence-electron chi connectivity index (χ0n) is 16.8. The fourth-order valence-corrected chi connectivity index (χ4v) is 6.08. The maximum Gasteiger partial charge on any atom is 0.128 e. The van der Waals surface area contributed by atoms with E-state index < -0.39 is 10.1 Å².